The molecule has 0 radical (unpaired) electrons. The van der Waals surface area contributed by atoms with Crippen molar-refractivity contribution in [2.75, 3.05) is 0 Å². The number of hydrogen-bond donors (Lipinski definition) is 0. The summed E-state index contributed by atoms with van der Waals surface area (Å²) in [6, 6.07) is 0. The number of rotatable bonds is 7. The number of hydrogen-bond acceptors (Lipinski definition) is 0. The largest absolute Gasteiger partial charge is 0.120 e. The molecule has 0 saturated heterocycles. The molecule has 0 amide bonds. The third-order valence-electron chi connectivity index (χ3n) is 2.78. The molecule has 0 aliphatic rings. The third-order valence-corrected chi connectivity index (χ3v) is 3.09. The number of unbranched alkanes of at least 4 members (excludes halogenated alkanes) is 2. The maximum atomic E-state index is 6.37. The summed E-state index contributed by atoms with van der Waals surface area (Å²) in [5, 5.41) is 0. The lowest BCUT2D eigenvalue weighted by Crippen LogP contribution is -2.24. The van der Waals surface area contributed by atoms with Crippen LogP contribution in [0.15, 0.2) is 0 Å². The van der Waals surface area contributed by atoms with Crippen molar-refractivity contribution < 1.29 is 0 Å². The minimum absolute atomic E-state index is 0.00958. The van der Waals surface area contributed by atoms with Crippen LogP contribution in [0.2, 0.25) is 0 Å². The molecule has 0 rings (SSSR count). The molecule has 0 atom stereocenters. The first kappa shape index (κ1) is 13.3. The molecular formula is C12H25Cl. The van der Waals surface area contributed by atoms with Crippen LogP contribution in [0.4, 0.5) is 0 Å². The third kappa shape index (κ3) is 6.37. The second-order valence-corrected chi connectivity index (χ2v) is 5.52. The average Bonchev–Trinajstić information content (AvgIpc) is 2.02. The number of halogens is 1. The summed E-state index contributed by atoms with van der Waals surface area (Å²) in [5.41, 5.74) is 0. The normalized spacial score (nSPS) is 12.5. The molecule has 0 N–H and O–H groups in total. The van der Waals surface area contributed by atoms with E-state index in [1.165, 1.54) is 38.5 Å². The molecule has 0 spiro atoms. The molecule has 0 aliphatic carbocycles. The Bertz CT molecular complexity index is 105. The molecule has 0 aromatic rings. The van der Waals surface area contributed by atoms with Crippen molar-refractivity contribution in [2.24, 2.45) is 5.92 Å². The highest BCUT2D eigenvalue weighted by molar-refractivity contribution is 6.23. The van der Waals surface area contributed by atoms with Crippen molar-refractivity contribution in [1.29, 1.82) is 0 Å². The van der Waals surface area contributed by atoms with Crippen LogP contribution in [0, 0.1) is 5.92 Å². The Hall–Kier alpha value is 0.290. The van der Waals surface area contributed by atoms with Gasteiger partial charge in [-0.1, -0.05) is 39.5 Å². The van der Waals surface area contributed by atoms with E-state index in [-0.39, 0.29) is 4.87 Å². The van der Waals surface area contributed by atoms with Crippen LogP contribution in [0.5, 0.6) is 0 Å². The first-order valence-corrected chi connectivity index (χ1v) is 6.09. The van der Waals surface area contributed by atoms with Crippen LogP contribution in [0.1, 0.15) is 66.2 Å². The van der Waals surface area contributed by atoms with Crippen molar-refractivity contribution in [2.45, 2.75) is 71.1 Å². The Morgan fingerprint density at radius 2 is 1.38 bits per heavy atom. The zero-order valence-electron chi connectivity index (χ0n) is 9.70. The molecular weight excluding hydrogens is 180 g/mol. The molecule has 0 aromatic carbocycles. The predicted octanol–water partition coefficient (Wildman–Crippen LogP) is 5.00. The summed E-state index contributed by atoms with van der Waals surface area (Å²) in [5.74, 6) is 0.703. The van der Waals surface area contributed by atoms with Crippen molar-refractivity contribution in [3.05, 3.63) is 0 Å². The van der Waals surface area contributed by atoms with E-state index >= 15 is 0 Å². The molecule has 0 nitrogen and oxygen atoms in total. The highest BCUT2D eigenvalue weighted by atomic mass is 35.5. The first-order valence-electron chi connectivity index (χ1n) is 5.71. The second kappa shape index (κ2) is 6.70. The maximum absolute atomic E-state index is 6.37. The summed E-state index contributed by atoms with van der Waals surface area (Å²) < 4.78 is 0. The smallest absolute Gasteiger partial charge is 0.0418 e. The Morgan fingerprint density at radius 1 is 1.00 bits per heavy atom. The minimum atomic E-state index is -0.00958. The molecule has 0 unspecified atom stereocenters. The molecule has 0 aliphatic heterocycles. The lowest BCUT2D eigenvalue weighted by Gasteiger charge is -2.28. The summed E-state index contributed by atoms with van der Waals surface area (Å²) in [6.45, 7) is 8.81. The van der Waals surface area contributed by atoms with Gasteiger partial charge in [0, 0.05) is 4.87 Å². The van der Waals surface area contributed by atoms with Gasteiger partial charge >= 0.3 is 0 Å². The minimum Gasteiger partial charge on any atom is -0.120 e. The highest BCUT2D eigenvalue weighted by Crippen LogP contribution is 2.32. The standard InChI is InChI=1S/C12H25Cl/c1-5-7-9-11(10-8-6-2)12(3,4)13/h11H,5-10H2,1-4H3. The molecule has 1 heteroatoms. The summed E-state index contributed by atoms with van der Waals surface area (Å²) in [6.07, 6.45) is 7.82. The van der Waals surface area contributed by atoms with E-state index in [1.807, 2.05) is 0 Å². The molecule has 0 saturated carbocycles. The number of alkyl halides is 1. The molecule has 13 heavy (non-hydrogen) atoms. The van der Waals surface area contributed by atoms with E-state index in [0.29, 0.717) is 5.92 Å². The fourth-order valence-corrected chi connectivity index (χ4v) is 1.95. The lowest BCUT2D eigenvalue weighted by atomic mass is 9.86. The average molecular weight is 205 g/mol. The van der Waals surface area contributed by atoms with Crippen molar-refractivity contribution in [3.63, 3.8) is 0 Å². The van der Waals surface area contributed by atoms with Gasteiger partial charge in [0.05, 0.1) is 0 Å². The van der Waals surface area contributed by atoms with E-state index < -0.39 is 0 Å². The van der Waals surface area contributed by atoms with Crippen LogP contribution in [-0.2, 0) is 0 Å². The maximum Gasteiger partial charge on any atom is 0.0418 e. The first-order chi connectivity index (χ1) is 6.02. The van der Waals surface area contributed by atoms with Crippen LogP contribution in [-0.4, -0.2) is 4.87 Å². The zero-order chi connectivity index (χ0) is 10.3. The van der Waals surface area contributed by atoms with Gasteiger partial charge < -0.3 is 0 Å². The van der Waals surface area contributed by atoms with Gasteiger partial charge in [0.15, 0.2) is 0 Å². The Morgan fingerprint density at radius 3 is 1.62 bits per heavy atom. The Balaban J connectivity index is 3.88. The monoisotopic (exact) mass is 204 g/mol. The highest BCUT2D eigenvalue weighted by Gasteiger charge is 2.25. The van der Waals surface area contributed by atoms with Crippen LogP contribution in [0.25, 0.3) is 0 Å². The van der Waals surface area contributed by atoms with Gasteiger partial charge in [-0.25, -0.2) is 0 Å². The van der Waals surface area contributed by atoms with E-state index in [0.717, 1.165) is 0 Å². The fraction of sp³-hybridized carbons (Fsp3) is 1.00. The van der Waals surface area contributed by atoms with Gasteiger partial charge in [-0.15, -0.1) is 11.6 Å². The van der Waals surface area contributed by atoms with Gasteiger partial charge in [0.1, 0.15) is 0 Å². The predicted molar refractivity (Wildman–Crippen MR) is 62.5 cm³/mol. The van der Waals surface area contributed by atoms with Crippen LogP contribution >= 0.6 is 11.6 Å². The lowest BCUT2D eigenvalue weighted by molar-refractivity contribution is 0.343. The Labute approximate surface area is 89.1 Å². The molecule has 0 bridgehead atoms. The van der Waals surface area contributed by atoms with E-state index in [9.17, 15) is 0 Å². The summed E-state index contributed by atoms with van der Waals surface area (Å²) in [7, 11) is 0. The van der Waals surface area contributed by atoms with Crippen molar-refractivity contribution in [1.82, 2.24) is 0 Å². The van der Waals surface area contributed by atoms with Gasteiger partial charge in [-0.05, 0) is 32.6 Å². The van der Waals surface area contributed by atoms with Gasteiger partial charge in [0.25, 0.3) is 0 Å². The van der Waals surface area contributed by atoms with Crippen molar-refractivity contribution >= 4 is 11.6 Å². The van der Waals surface area contributed by atoms with Crippen LogP contribution in [0.3, 0.4) is 0 Å². The van der Waals surface area contributed by atoms with E-state index in [1.54, 1.807) is 0 Å². The van der Waals surface area contributed by atoms with E-state index in [2.05, 4.69) is 27.7 Å². The van der Waals surface area contributed by atoms with Gasteiger partial charge in [-0.3, -0.25) is 0 Å². The van der Waals surface area contributed by atoms with Crippen LogP contribution < -0.4 is 0 Å². The quantitative estimate of drug-likeness (QED) is 0.512. The van der Waals surface area contributed by atoms with E-state index in [4.69, 9.17) is 11.6 Å². The SMILES string of the molecule is CCCCC(CCCC)C(C)(C)Cl. The zero-order valence-corrected chi connectivity index (χ0v) is 10.5. The second-order valence-electron chi connectivity index (χ2n) is 4.55. The van der Waals surface area contributed by atoms with Gasteiger partial charge in [-0.2, -0.15) is 0 Å². The summed E-state index contributed by atoms with van der Waals surface area (Å²) >= 11 is 6.37. The fourth-order valence-electron chi connectivity index (χ4n) is 1.73. The summed E-state index contributed by atoms with van der Waals surface area (Å²) in [4.78, 5) is -0.00958. The molecule has 80 valence electrons. The molecule has 0 aromatic heterocycles. The van der Waals surface area contributed by atoms with Gasteiger partial charge in [0.2, 0.25) is 0 Å². The van der Waals surface area contributed by atoms with Crippen molar-refractivity contribution in [3.8, 4) is 0 Å². The Kier molecular flexibility index (Phi) is 6.85. The topological polar surface area (TPSA) is 0 Å². The molecule has 0 heterocycles. The molecule has 0 fully saturated rings.